The van der Waals surface area contributed by atoms with Crippen LogP contribution in [0.4, 0.5) is 0 Å². The highest BCUT2D eigenvalue weighted by molar-refractivity contribution is 6.34. The number of aromatic nitrogens is 2. The third-order valence-electron chi connectivity index (χ3n) is 2.29. The van der Waals surface area contributed by atoms with E-state index in [1.54, 1.807) is 19.2 Å². The molecule has 4 nitrogen and oxygen atoms in total. The van der Waals surface area contributed by atoms with Gasteiger partial charge in [-0.05, 0) is 31.4 Å². The first-order chi connectivity index (χ1) is 8.11. The van der Waals surface area contributed by atoms with E-state index in [-0.39, 0.29) is 10.8 Å². The molecule has 0 amide bonds. The largest absolute Gasteiger partial charge is 0.461 e. The van der Waals surface area contributed by atoms with Gasteiger partial charge in [0.15, 0.2) is 5.69 Å². The Hall–Kier alpha value is -1.68. The smallest absolute Gasteiger partial charge is 0.356 e. The van der Waals surface area contributed by atoms with Crippen molar-refractivity contribution in [2.24, 2.45) is 0 Å². The Balaban J connectivity index is 2.57. The normalized spacial score (nSPS) is 10.5. The summed E-state index contributed by atoms with van der Waals surface area (Å²) in [4.78, 5) is 19.7. The Bertz CT molecular complexity index is 584. The van der Waals surface area contributed by atoms with Crippen molar-refractivity contribution < 1.29 is 9.53 Å². The molecule has 0 atom stereocenters. The topological polar surface area (TPSA) is 52.1 Å². The van der Waals surface area contributed by atoms with E-state index in [0.29, 0.717) is 6.61 Å². The molecule has 88 valence electrons. The number of aryl methyl sites for hydroxylation is 1. The number of nitrogens with zero attached hydrogens (tertiary/aromatic N) is 2. The second-order valence-corrected chi connectivity index (χ2v) is 3.92. The Kier molecular flexibility index (Phi) is 3.24. The Morgan fingerprint density at radius 1 is 1.47 bits per heavy atom. The monoisotopic (exact) mass is 250 g/mol. The van der Waals surface area contributed by atoms with Crippen molar-refractivity contribution in [3.63, 3.8) is 0 Å². The van der Waals surface area contributed by atoms with Gasteiger partial charge in [-0.25, -0.2) is 9.78 Å². The van der Waals surface area contributed by atoms with E-state index in [1.807, 2.05) is 13.0 Å². The van der Waals surface area contributed by atoms with Gasteiger partial charge in [0.1, 0.15) is 5.15 Å². The molecule has 0 spiro atoms. The number of hydrogen-bond donors (Lipinski definition) is 0. The summed E-state index contributed by atoms with van der Waals surface area (Å²) in [5, 5.41) is 1.82. The third-order valence-corrected chi connectivity index (χ3v) is 2.58. The van der Waals surface area contributed by atoms with Gasteiger partial charge in [-0.2, -0.15) is 0 Å². The highest BCUT2D eigenvalue weighted by atomic mass is 35.5. The molecule has 2 rings (SSSR count). The summed E-state index contributed by atoms with van der Waals surface area (Å²) < 4.78 is 4.89. The Morgan fingerprint density at radius 3 is 2.94 bits per heavy atom. The van der Waals surface area contributed by atoms with Gasteiger partial charge in [0.2, 0.25) is 0 Å². The van der Waals surface area contributed by atoms with Crippen molar-refractivity contribution in [1.82, 2.24) is 9.97 Å². The van der Waals surface area contributed by atoms with Crippen LogP contribution in [-0.4, -0.2) is 22.5 Å². The lowest BCUT2D eigenvalue weighted by atomic mass is 10.2. The lowest BCUT2D eigenvalue weighted by molar-refractivity contribution is 0.0520. The minimum atomic E-state index is -0.467. The van der Waals surface area contributed by atoms with Crippen LogP contribution in [-0.2, 0) is 4.74 Å². The molecule has 0 saturated carbocycles. The number of carbonyl (C=O) groups excluding carboxylic acids is 1. The minimum absolute atomic E-state index is 0.218. The average Bonchev–Trinajstić information content (AvgIpc) is 2.28. The molecule has 0 unspecified atom stereocenters. The fourth-order valence-electron chi connectivity index (χ4n) is 1.53. The summed E-state index contributed by atoms with van der Waals surface area (Å²) in [6.45, 7) is 3.93. The number of fused-ring (bicyclic) bond motifs is 1. The van der Waals surface area contributed by atoms with Crippen LogP contribution in [0.1, 0.15) is 23.1 Å². The number of pyridine rings is 2. The maximum Gasteiger partial charge on any atom is 0.356 e. The van der Waals surface area contributed by atoms with Crippen LogP contribution < -0.4 is 0 Å². The molecular weight excluding hydrogens is 240 g/mol. The maximum atomic E-state index is 11.6. The molecule has 17 heavy (non-hydrogen) atoms. The molecule has 2 aromatic heterocycles. The number of halogens is 1. The first-order valence-corrected chi connectivity index (χ1v) is 5.59. The van der Waals surface area contributed by atoms with Crippen LogP contribution >= 0.6 is 11.6 Å². The number of carbonyl (C=O) groups is 1. The molecule has 0 aliphatic heterocycles. The summed E-state index contributed by atoms with van der Waals surface area (Å²) in [7, 11) is 0. The summed E-state index contributed by atoms with van der Waals surface area (Å²) in [5.41, 5.74) is 1.07. The van der Waals surface area contributed by atoms with Crippen molar-refractivity contribution in [2.45, 2.75) is 13.8 Å². The van der Waals surface area contributed by atoms with Crippen LogP contribution in [0.3, 0.4) is 0 Å². The highest BCUT2D eigenvalue weighted by Crippen LogP contribution is 2.22. The van der Waals surface area contributed by atoms with Gasteiger partial charge < -0.3 is 4.74 Å². The average molecular weight is 251 g/mol. The molecule has 0 aromatic carbocycles. The summed E-state index contributed by atoms with van der Waals surface area (Å²) in [6.07, 6.45) is 1.65. The Labute approximate surface area is 104 Å². The second kappa shape index (κ2) is 4.67. The predicted octanol–water partition coefficient (Wildman–Crippen LogP) is 2.77. The van der Waals surface area contributed by atoms with Gasteiger partial charge >= 0.3 is 5.97 Å². The van der Waals surface area contributed by atoms with Gasteiger partial charge in [0, 0.05) is 17.3 Å². The van der Waals surface area contributed by atoms with Gasteiger partial charge in [-0.15, -0.1) is 0 Å². The second-order valence-electron chi connectivity index (χ2n) is 3.57. The third kappa shape index (κ3) is 2.36. The first kappa shape index (κ1) is 11.8. The molecule has 0 fully saturated rings. The van der Waals surface area contributed by atoms with E-state index in [1.165, 1.54) is 0 Å². The predicted molar refractivity (Wildman–Crippen MR) is 65.2 cm³/mol. The van der Waals surface area contributed by atoms with Crippen molar-refractivity contribution >= 4 is 28.3 Å². The van der Waals surface area contributed by atoms with Crippen LogP contribution in [0.25, 0.3) is 10.8 Å². The molecule has 0 radical (unpaired) electrons. The lowest BCUT2D eigenvalue weighted by Crippen LogP contribution is -2.07. The molecular formula is C12H11ClN2O2. The molecule has 2 heterocycles. The minimum Gasteiger partial charge on any atom is -0.461 e. The van der Waals surface area contributed by atoms with Gasteiger partial charge in [0.05, 0.1) is 6.61 Å². The van der Waals surface area contributed by atoms with Crippen molar-refractivity contribution in [2.75, 3.05) is 6.61 Å². The quantitative estimate of drug-likeness (QED) is 0.608. The van der Waals surface area contributed by atoms with Crippen LogP contribution in [0.15, 0.2) is 18.3 Å². The SMILES string of the molecule is CCOC(=O)c1cc2cc(C)ncc2c(Cl)n1. The molecule has 0 aliphatic rings. The van der Waals surface area contributed by atoms with Crippen molar-refractivity contribution in [1.29, 1.82) is 0 Å². The van der Waals surface area contributed by atoms with E-state index in [9.17, 15) is 4.79 Å². The van der Waals surface area contributed by atoms with E-state index < -0.39 is 5.97 Å². The number of rotatable bonds is 2. The zero-order valence-electron chi connectivity index (χ0n) is 9.53. The van der Waals surface area contributed by atoms with Crippen LogP contribution in [0.2, 0.25) is 5.15 Å². The molecule has 0 saturated heterocycles. The van der Waals surface area contributed by atoms with Crippen LogP contribution in [0, 0.1) is 6.92 Å². The number of ether oxygens (including phenoxy) is 1. The highest BCUT2D eigenvalue weighted by Gasteiger charge is 2.12. The molecule has 0 aliphatic carbocycles. The molecule has 5 heteroatoms. The zero-order chi connectivity index (χ0) is 12.4. The van der Waals surface area contributed by atoms with E-state index in [0.717, 1.165) is 16.5 Å². The molecule has 0 N–H and O–H groups in total. The van der Waals surface area contributed by atoms with Gasteiger partial charge in [0.25, 0.3) is 0 Å². The van der Waals surface area contributed by atoms with E-state index in [2.05, 4.69) is 9.97 Å². The summed E-state index contributed by atoms with van der Waals surface area (Å²) in [6, 6.07) is 3.51. The fourth-order valence-corrected chi connectivity index (χ4v) is 1.78. The summed E-state index contributed by atoms with van der Waals surface area (Å²) in [5.74, 6) is -0.467. The van der Waals surface area contributed by atoms with E-state index >= 15 is 0 Å². The van der Waals surface area contributed by atoms with E-state index in [4.69, 9.17) is 16.3 Å². The Morgan fingerprint density at radius 2 is 2.24 bits per heavy atom. The first-order valence-electron chi connectivity index (χ1n) is 5.22. The molecule has 0 bridgehead atoms. The van der Waals surface area contributed by atoms with Crippen molar-refractivity contribution in [3.05, 3.63) is 34.9 Å². The number of esters is 1. The maximum absolute atomic E-state index is 11.6. The van der Waals surface area contributed by atoms with Crippen molar-refractivity contribution in [3.8, 4) is 0 Å². The standard InChI is InChI=1S/C12H11ClN2O2/c1-3-17-12(16)10-5-8-4-7(2)14-6-9(8)11(13)15-10/h4-6H,3H2,1-2H3. The lowest BCUT2D eigenvalue weighted by Gasteiger charge is -2.05. The zero-order valence-corrected chi connectivity index (χ0v) is 10.3. The number of hydrogen-bond acceptors (Lipinski definition) is 4. The summed E-state index contributed by atoms with van der Waals surface area (Å²) >= 11 is 6.00. The van der Waals surface area contributed by atoms with Crippen LogP contribution in [0.5, 0.6) is 0 Å². The van der Waals surface area contributed by atoms with Gasteiger partial charge in [-0.3, -0.25) is 4.98 Å². The fraction of sp³-hybridized carbons (Fsp3) is 0.250. The molecule has 2 aromatic rings. The van der Waals surface area contributed by atoms with Gasteiger partial charge in [-0.1, -0.05) is 11.6 Å².